The van der Waals surface area contributed by atoms with Crippen molar-refractivity contribution in [3.63, 3.8) is 0 Å². The maximum absolute atomic E-state index is 12.4. The zero-order valence-electron chi connectivity index (χ0n) is 17.3. The van der Waals surface area contributed by atoms with Crippen molar-refractivity contribution in [2.45, 2.75) is 37.7 Å². The van der Waals surface area contributed by atoms with Crippen LogP contribution >= 0.6 is 11.8 Å². The van der Waals surface area contributed by atoms with Crippen LogP contribution in [0.2, 0.25) is 0 Å². The third-order valence-electron chi connectivity index (χ3n) is 4.76. The standard InChI is InChI=1S/C22H22N6O2S/c1-3-28-19(12-20(29)23-15-10-8-14(2)9-11-15)26-27-22(28)31-13-18-24-17-7-5-4-6-16(17)21(30)25-18/h4-11H,3,12-13H2,1-2H3,(H,23,29)(H,24,25,30). The summed E-state index contributed by atoms with van der Waals surface area (Å²) in [6.07, 6.45) is 0.125. The van der Waals surface area contributed by atoms with Gasteiger partial charge in [0.05, 0.1) is 23.1 Å². The third-order valence-corrected chi connectivity index (χ3v) is 5.74. The van der Waals surface area contributed by atoms with E-state index < -0.39 is 0 Å². The van der Waals surface area contributed by atoms with Crippen LogP contribution in [0.25, 0.3) is 10.9 Å². The van der Waals surface area contributed by atoms with Gasteiger partial charge in [0.1, 0.15) is 11.6 Å². The molecule has 0 bridgehead atoms. The molecule has 2 N–H and O–H groups in total. The zero-order valence-corrected chi connectivity index (χ0v) is 18.1. The van der Waals surface area contributed by atoms with Crippen molar-refractivity contribution in [3.8, 4) is 0 Å². The molecule has 0 aliphatic heterocycles. The van der Waals surface area contributed by atoms with Crippen LogP contribution < -0.4 is 10.9 Å². The van der Waals surface area contributed by atoms with E-state index >= 15 is 0 Å². The number of fused-ring (bicyclic) bond motifs is 1. The molecule has 2 aromatic carbocycles. The van der Waals surface area contributed by atoms with Crippen LogP contribution in [0.4, 0.5) is 5.69 Å². The summed E-state index contributed by atoms with van der Waals surface area (Å²) >= 11 is 1.42. The zero-order chi connectivity index (χ0) is 21.8. The molecular weight excluding hydrogens is 412 g/mol. The van der Waals surface area contributed by atoms with E-state index in [1.54, 1.807) is 6.07 Å². The number of aromatic nitrogens is 5. The lowest BCUT2D eigenvalue weighted by molar-refractivity contribution is -0.115. The first-order valence-corrected chi connectivity index (χ1v) is 10.9. The molecule has 0 saturated heterocycles. The Bertz CT molecular complexity index is 1280. The van der Waals surface area contributed by atoms with Gasteiger partial charge in [-0.15, -0.1) is 10.2 Å². The fraction of sp³-hybridized carbons (Fsp3) is 0.227. The molecule has 0 aliphatic rings. The minimum Gasteiger partial charge on any atom is -0.326 e. The molecule has 31 heavy (non-hydrogen) atoms. The van der Waals surface area contributed by atoms with Crippen molar-refractivity contribution in [2.75, 3.05) is 5.32 Å². The largest absolute Gasteiger partial charge is 0.326 e. The maximum atomic E-state index is 12.4. The molecule has 8 nitrogen and oxygen atoms in total. The fourth-order valence-corrected chi connectivity index (χ4v) is 4.09. The predicted octanol–water partition coefficient (Wildman–Crippen LogP) is 3.32. The molecule has 0 unspecified atom stereocenters. The van der Waals surface area contributed by atoms with Crippen LogP contribution in [0.5, 0.6) is 0 Å². The number of H-pyrrole nitrogens is 1. The minimum atomic E-state index is -0.161. The van der Waals surface area contributed by atoms with Crippen molar-refractivity contribution in [2.24, 2.45) is 0 Å². The molecule has 158 valence electrons. The molecule has 0 aliphatic carbocycles. The number of carbonyl (C=O) groups is 1. The van der Waals surface area contributed by atoms with Gasteiger partial charge in [0.25, 0.3) is 5.56 Å². The Kier molecular flexibility index (Phi) is 6.13. The first-order valence-electron chi connectivity index (χ1n) is 9.93. The Hall–Kier alpha value is -3.46. The summed E-state index contributed by atoms with van der Waals surface area (Å²) in [6, 6.07) is 14.9. The van der Waals surface area contributed by atoms with Crippen LogP contribution in [0.1, 0.15) is 24.1 Å². The number of nitrogens with one attached hydrogen (secondary N) is 2. The van der Waals surface area contributed by atoms with E-state index in [-0.39, 0.29) is 17.9 Å². The van der Waals surface area contributed by atoms with Crippen LogP contribution in [-0.2, 0) is 23.5 Å². The number of carbonyl (C=O) groups excluding carboxylic acids is 1. The summed E-state index contributed by atoms with van der Waals surface area (Å²) in [5.41, 5.74) is 2.38. The van der Waals surface area contributed by atoms with Crippen molar-refractivity contribution < 1.29 is 4.79 Å². The Morgan fingerprint density at radius 3 is 2.68 bits per heavy atom. The fourth-order valence-electron chi connectivity index (χ4n) is 3.20. The number of hydrogen-bond donors (Lipinski definition) is 2. The van der Waals surface area contributed by atoms with Gasteiger partial charge in [0.2, 0.25) is 5.91 Å². The number of rotatable bonds is 7. The molecule has 0 saturated carbocycles. The Morgan fingerprint density at radius 1 is 1.13 bits per heavy atom. The molecule has 0 spiro atoms. The Morgan fingerprint density at radius 2 is 1.90 bits per heavy atom. The highest BCUT2D eigenvalue weighted by Crippen LogP contribution is 2.21. The first-order chi connectivity index (χ1) is 15.0. The quantitative estimate of drug-likeness (QED) is 0.432. The van der Waals surface area contributed by atoms with Crippen LogP contribution in [0.3, 0.4) is 0 Å². The van der Waals surface area contributed by atoms with E-state index in [0.717, 1.165) is 11.3 Å². The molecule has 2 aromatic heterocycles. The molecular formula is C22H22N6O2S. The van der Waals surface area contributed by atoms with Gasteiger partial charge in [-0.2, -0.15) is 0 Å². The van der Waals surface area contributed by atoms with E-state index in [2.05, 4.69) is 25.5 Å². The number of aryl methyl sites for hydroxylation is 1. The van der Waals surface area contributed by atoms with Gasteiger partial charge in [-0.25, -0.2) is 4.98 Å². The summed E-state index contributed by atoms with van der Waals surface area (Å²) in [7, 11) is 0. The highest BCUT2D eigenvalue weighted by atomic mass is 32.2. The smallest absolute Gasteiger partial charge is 0.258 e. The van der Waals surface area contributed by atoms with Crippen molar-refractivity contribution >= 4 is 34.3 Å². The Balaban J connectivity index is 1.45. The first kappa shape index (κ1) is 20.8. The lowest BCUT2D eigenvalue weighted by atomic mass is 10.2. The molecule has 9 heteroatoms. The predicted molar refractivity (Wildman–Crippen MR) is 121 cm³/mol. The SMILES string of the molecule is CCn1c(CC(=O)Nc2ccc(C)cc2)nnc1SCc1nc2ccccc2c(=O)[nH]1. The van der Waals surface area contributed by atoms with Crippen molar-refractivity contribution in [3.05, 3.63) is 76.1 Å². The van der Waals surface area contributed by atoms with Gasteiger partial charge < -0.3 is 14.9 Å². The number of nitrogens with zero attached hydrogens (tertiary/aromatic N) is 4. The lowest BCUT2D eigenvalue weighted by Crippen LogP contribution is -2.17. The molecule has 4 rings (SSSR count). The maximum Gasteiger partial charge on any atom is 0.258 e. The van der Waals surface area contributed by atoms with E-state index in [1.807, 2.05) is 60.9 Å². The number of benzene rings is 2. The van der Waals surface area contributed by atoms with Gasteiger partial charge in [0.15, 0.2) is 5.16 Å². The number of para-hydroxylation sites is 1. The lowest BCUT2D eigenvalue weighted by Gasteiger charge is -2.08. The number of aromatic amines is 1. The Labute approximate surface area is 183 Å². The van der Waals surface area contributed by atoms with E-state index in [4.69, 9.17) is 0 Å². The normalized spacial score (nSPS) is 11.0. The van der Waals surface area contributed by atoms with Crippen molar-refractivity contribution in [1.29, 1.82) is 0 Å². The summed E-state index contributed by atoms with van der Waals surface area (Å²) in [6.45, 7) is 4.60. The molecule has 4 aromatic rings. The summed E-state index contributed by atoms with van der Waals surface area (Å²) < 4.78 is 1.90. The van der Waals surface area contributed by atoms with E-state index in [9.17, 15) is 9.59 Å². The summed E-state index contributed by atoms with van der Waals surface area (Å²) in [4.78, 5) is 32.0. The molecule has 0 atom stereocenters. The van der Waals surface area contributed by atoms with Gasteiger partial charge in [-0.3, -0.25) is 9.59 Å². The second-order valence-corrected chi connectivity index (χ2v) is 7.99. The monoisotopic (exact) mass is 434 g/mol. The number of anilines is 1. The average molecular weight is 435 g/mol. The highest BCUT2D eigenvalue weighted by molar-refractivity contribution is 7.98. The minimum absolute atomic E-state index is 0.125. The molecule has 0 fully saturated rings. The molecule has 2 heterocycles. The van der Waals surface area contributed by atoms with Gasteiger partial charge >= 0.3 is 0 Å². The van der Waals surface area contributed by atoms with Crippen LogP contribution in [0.15, 0.2) is 58.5 Å². The van der Waals surface area contributed by atoms with Crippen molar-refractivity contribution in [1.82, 2.24) is 24.7 Å². The van der Waals surface area contributed by atoms with Gasteiger partial charge in [-0.05, 0) is 38.1 Å². The molecule has 1 amide bonds. The second-order valence-electron chi connectivity index (χ2n) is 7.05. The third kappa shape index (κ3) is 4.83. The topological polar surface area (TPSA) is 106 Å². The number of hydrogen-bond acceptors (Lipinski definition) is 6. The van der Waals surface area contributed by atoms with Crippen LogP contribution in [-0.4, -0.2) is 30.6 Å². The van der Waals surface area contributed by atoms with E-state index in [1.165, 1.54) is 11.8 Å². The summed E-state index contributed by atoms with van der Waals surface area (Å²) in [5.74, 6) is 1.45. The highest BCUT2D eigenvalue weighted by Gasteiger charge is 2.15. The summed E-state index contributed by atoms with van der Waals surface area (Å²) in [5, 5.41) is 12.6. The average Bonchev–Trinajstić information content (AvgIpc) is 3.15. The molecule has 0 radical (unpaired) electrons. The number of thioether (sulfide) groups is 1. The van der Waals surface area contributed by atoms with Gasteiger partial charge in [0, 0.05) is 12.2 Å². The van der Waals surface area contributed by atoms with E-state index in [0.29, 0.717) is 40.0 Å². The number of amides is 1. The van der Waals surface area contributed by atoms with Gasteiger partial charge in [-0.1, -0.05) is 41.6 Å². The second kappa shape index (κ2) is 9.13. The van der Waals surface area contributed by atoms with Crippen LogP contribution in [0, 0.1) is 6.92 Å².